The van der Waals surface area contributed by atoms with Crippen molar-refractivity contribution in [1.82, 2.24) is 0 Å². The number of hydrogen-bond acceptors (Lipinski definition) is 2. The van der Waals surface area contributed by atoms with Gasteiger partial charge in [-0.3, -0.25) is 0 Å². The van der Waals surface area contributed by atoms with E-state index in [-0.39, 0.29) is 6.04 Å². The smallest absolute Gasteiger partial charge is 0.128 e. The Morgan fingerprint density at radius 1 is 1.05 bits per heavy atom. The molecule has 0 fully saturated rings. The number of halogens is 2. The second-order valence-electron chi connectivity index (χ2n) is 4.26. The van der Waals surface area contributed by atoms with Gasteiger partial charge >= 0.3 is 0 Å². The van der Waals surface area contributed by atoms with E-state index in [9.17, 15) is 8.78 Å². The van der Waals surface area contributed by atoms with E-state index in [1.807, 2.05) is 12.1 Å². The summed E-state index contributed by atoms with van der Waals surface area (Å²) in [5, 5.41) is 3.12. The number of anilines is 1. The van der Waals surface area contributed by atoms with Crippen LogP contribution in [0.15, 0.2) is 42.5 Å². The van der Waals surface area contributed by atoms with Crippen molar-refractivity contribution in [2.75, 3.05) is 12.4 Å². The van der Waals surface area contributed by atoms with Gasteiger partial charge in [-0.15, -0.1) is 0 Å². The fraction of sp³-hybridized carbons (Fsp3) is 0.200. The quantitative estimate of drug-likeness (QED) is 0.894. The summed E-state index contributed by atoms with van der Waals surface area (Å²) < 4.78 is 31.8. The lowest BCUT2D eigenvalue weighted by Gasteiger charge is -2.16. The number of hydrogen-bond donors (Lipinski definition) is 1. The van der Waals surface area contributed by atoms with E-state index in [0.29, 0.717) is 5.56 Å². The molecule has 0 amide bonds. The first-order valence-corrected chi connectivity index (χ1v) is 5.95. The lowest BCUT2D eigenvalue weighted by atomic mass is 10.1. The van der Waals surface area contributed by atoms with Crippen LogP contribution in [0.5, 0.6) is 5.75 Å². The average molecular weight is 263 g/mol. The van der Waals surface area contributed by atoms with Crippen molar-refractivity contribution in [3.63, 3.8) is 0 Å². The van der Waals surface area contributed by atoms with E-state index in [4.69, 9.17) is 4.74 Å². The Labute approximate surface area is 111 Å². The van der Waals surface area contributed by atoms with E-state index >= 15 is 0 Å². The Hall–Kier alpha value is -2.10. The highest BCUT2D eigenvalue weighted by atomic mass is 19.1. The zero-order chi connectivity index (χ0) is 13.8. The van der Waals surface area contributed by atoms with E-state index in [1.54, 1.807) is 26.2 Å². The predicted octanol–water partition coefficient (Wildman–Crippen LogP) is 4.15. The van der Waals surface area contributed by atoms with Gasteiger partial charge in [-0.2, -0.15) is 0 Å². The van der Waals surface area contributed by atoms with Gasteiger partial charge in [-0.05, 0) is 49.4 Å². The molecule has 19 heavy (non-hydrogen) atoms. The molecule has 1 atom stereocenters. The fourth-order valence-corrected chi connectivity index (χ4v) is 1.86. The molecule has 0 saturated carbocycles. The molecule has 1 unspecified atom stereocenters. The molecule has 100 valence electrons. The Kier molecular flexibility index (Phi) is 4.00. The van der Waals surface area contributed by atoms with Crippen LogP contribution < -0.4 is 10.1 Å². The lowest BCUT2D eigenvalue weighted by molar-refractivity contribution is 0.415. The second-order valence-corrected chi connectivity index (χ2v) is 4.26. The maximum Gasteiger partial charge on any atom is 0.128 e. The molecule has 2 aromatic carbocycles. The molecule has 0 heterocycles. The monoisotopic (exact) mass is 263 g/mol. The number of ether oxygens (including phenoxy) is 1. The molecule has 2 nitrogen and oxygen atoms in total. The highest BCUT2D eigenvalue weighted by Gasteiger charge is 2.11. The molecule has 0 aliphatic rings. The van der Waals surface area contributed by atoms with Crippen LogP contribution in [-0.4, -0.2) is 7.11 Å². The number of methoxy groups -OCH3 is 1. The van der Waals surface area contributed by atoms with Gasteiger partial charge in [-0.25, -0.2) is 8.78 Å². The van der Waals surface area contributed by atoms with Crippen molar-refractivity contribution in [3.8, 4) is 5.75 Å². The van der Waals surface area contributed by atoms with E-state index in [2.05, 4.69) is 5.32 Å². The normalized spacial score (nSPS) is 12.0. The van der Waals surface area contributed by atoms with Crippen LogP contribution in [0.25, 0.3) is 0 Å². The molecule has 2 rings (SSSR count). The van der Waals surface area contributed by atoms with E-state index in [0.717, 1.165) is 23.6 Å². The first kappa shape index (κ1) is 13.3. The maximum absolute atomic E-state index is 13.6. The van der Waals surface area contributed by atoms with Crippen molar-refractivity contribution < 1.29 is 13.5 Å². The van der Waals surface area contributed by atoms with Crippen LogP contribution >= 0.6 is 0 Å². The van der Waals surface area contributed by atoms with Crippen LogP contribution in [0.2, 0.25) is 0 Å². The maximum atomic E-state index is 13.6. The van der Waals surface area contributed by atoms with Crippen LogP contribution in [0, 0.1) is 11.6 Å². The third kappa shape index (κ3) is 3.22. The Morgan fingerprint density at radius 3 is 2.37 bits per heavy atom. The summed E-state index contributed by atoms with van der Waals surface area (Å²) in [5.74, 6) is -0.121. The molecule has 0 bridgehead atoms. The van der Waals surface area contributed by atoms with Crippen LogP contribution in [0.3, 0.4) is 0 Å². The molecule has 0 radical (unpaired) electrons. The van der Waals surface area contributed by atoms with Gasteiger partial charge < -0.3 is 10.1 Å². The van der Waals surface area contributed by atoms with Crippen molar-refractivity contribution in [2.45, 2.75) is 13.0 Å². The van der Waals surface area contributed by atoms with Gasteiger partial charge in [0.05, 0.1) is 13.2 Å². The minimum Gasteiger partial charge on any atom is -0.497 e. The van der Waals surface area contributed by atoms with Gasteiger partial charge in [0.25, 0.3) is 0 Å². The standard InChI is InChI=1S/C15H15F2NO/c1-10(14-9-11(16)3-8-15(14)17)18-12-4-6-13(19-2)7-5-12/h3-10,18H,1-2H3. The Balaban J connectivity index is 2.15. The van der Waals surface area contributed by atoms with Crippen LogP contribution in [-0.2, 0) is 0 Å². The minimum atomic E-state index is -0.445. The van der Waals surface area contributed by atoms with Crippen LogP contribution in [0.4, 0.5) is 14.5 Å². The molecular weight excluding hydrogens is 248 g/mol. The lowest BCUT2D eigenvalue weighted by Crippen LogP contribution is -2.09. The SMILES string of the molecule is COc1ccc(NC(C)c2cc(F)ccc2F)cc1. The number of rotatable bonds is 4. The Morgan fingerprint density at radius 2 is 1.74 bits per heavy atom. The first-order chi connectivity index (χ1) is 9.10. The summed E-state index contributed by atoms with van der Waals surface area (Å²) in [6.45, 7) is 1.78. The Bertz CT molecular complexity index is 555. The molecule has 0 saturated heterocycles. The molecule has 1 N–H and O–H groups in total. The summed E-state index contributed by atoms with van der Waals surface area (Å²) in [6.07, 6.45) is 0. The number of nitrogens with one attached hydrogen (secondary N) is 1. The molecule has 0 aromatic heterocycles. The van der Waals surface area contributed by atoms with Crippen molar-refractivity contribution in [2.24, 2.45) is 0 Å². The highest BCUT2D eigenvalue weighted by molar-refractivity contribution is 5.48. The van der Waals surface area contributed by atoms with E-state index in [1.165, 1.54) is 6.07 Å². The van der Waals surface area contributed by atoms with Crippen molar-refractivity contribution in [3.05, 3.63) is 59.7 Å². The zero-order valence-electron chi connectivity index (χ0n) is 10.8. The summed E-state index contributed by atoms with van der Waals surface area (Å²) >= 11 is 0. The number of benzene rings is 2. The van der Waals surface area contributed by atoms with Gasteiger partial charge in [0.1, 0.15) is 17.4 Å². The first-order valence-electron chi connectivity index (χ1n) is 5.95. The molecule has 0 aliphatic heterocycles. The van der Waals surface area contributed by atoms with Gasteiger partial charge in [-0.1, -0.05) is 0 Å². The predicted molar refractivity (Wildman–Crippen MR) is 71.4 cm³/mol. The molecule has 0 spiro atoms. The average Bonchev–Trinajstić information content (AvgIpc) is 2.42. The minimum absolute atomic E-state index is 0.302. The van der Waals surface area contributed by atoms with E-state index < -0.39 is 11.6 Å². The molecule has 2 aromatic rings. The molecule has 4 heteroatoms. The van der Waals surface area contributed by atoms with Gasteiger partial charge in [0.2, 0.25) is 0 Å². The van der Waals surface area contributed by atoms with Gasteiger partial charge in [0.15, 0.2) is 0 Å². The second kappa shape index (κ2) is 5.69. The third-order valence-electron chi connectivity index (χ3n) is 2.90. The summed E-state index contributed by atoms with van der Waals surface area (Å²) in [4.78, 5) is 0. The third-order valence-corrected chi connectivity index (χ3v) is 2.90. The summed E-state index contributed by atoms with van der Waals surface area (Å²) in [6, 6.07) is 10.4. The molecule has 0 aliphatic carbocycles. The summed E-state index contributed by atoms with van der Waals surface area (Å²) in [7, 11) is 1.59. The van der Waals surface area contributed by atoms with Crippen LogP contribution in [0.1, 0.15) is 18.5 Å². The largest absolute Gasteiger partial charge is 0.497 e. The van der Waals surface area contributed by atoms with Crippen molar-refractivity contribution in [1.29, 1.82) is 0 Å². The van der Waals surface area contributed by atoms with Gasteiger partial charge in [0, 0.05) is 11.3 Å². The van der Waals surface area contributed by atoms with Crippen molar-refractivity contribution >= 4 is 5.69 Å². The fourth-order valence-electron chi connectivity index (χ4n) is 1.86. The zero-order valence-corrected chi connectivity index (χ0v) is 10.8. The summed E-state index contributed by atoms with van der Waals surface area (Å²) in [5.41, 5.74) is 1.12. The highest BCUT2D eigenvalue weighted by Crippen LogP contribution is 2.23. The molecular formula is C15H15F2NO. The topological polar surface area (TPSA) is 21.3 Å².